The number of hydrogen-bond donors (Lipinski definition) is 0. The van der Waals surface area contributed by atoms with E-state index in [2.05, 4.69) is 4.98 Å². The highest BCUT2D eigenvalue weighted by atomic mass is 35.5. The zero-order valence-corrected chi connectivity index (χ0v) is 11.9. The van der Waals surface area contributed by atoms with Crippen molar-refractivity contribution in [2.24, 2.45) is 0 Å². The summed E-state index contributed by atoms with van der Waals surface area (Å²) < 4.78 is 0.755. The van der Waals surface area contributed by atoms with Gasteiger partial charge in [-0.25, -0.2) is 4.73 Å². The predicted octanol–water partition coefficient (Wildman–Crippen LogP) is 3.93. The van der Waals surface area contributed by atoms with E-state index >= 15 is 0 Å². The Labute approximate surface area is 126 Å². The number of aromatic nitrogens is 2. The van der Waals surface area contributed by atoms with Crippen LogP contribution < -0.4 is 4.73 Å². The molecule has 0 bridgehead atoms. The van der Waals surface area contributed by atoms with Gasteiger partial charge in [-0.1, -0.05) is 41.9 Å². The molecule has 0 fully saturated rings. The summed E-state index contributed by atoms with van der Waals surface area (Å²) in [5, 5.41) is 13.5. The van der Waals surface area contributed by atoms with E-state index in [1.807, 2.05) is 30.3 Å². The number of nitrogens with zero attached hydrogens (tertiary/aromatic N) is 2. The SMILES string of the molecule is [O-][n+]1c(CCl)nc(-c2ccccc2)c2cc(Cl)ccc21. The second-order valence-electron chi connectivity index (χ2n) is 4.33. The zero-order valence-electron chi connectivity index (χ0n) is 10.4. The maximum absolute atomic E-state index is 12.2. The Morgan fingerprint density at radius 3 is 2.55 bits per heavy atom. The van der Waals surface area contributed by atoms with Gasteiger partial charge in [0.15, 0.2) is 5.69 Å². The summed E-state index contributed by atoms with van der Waals surface area (Å²) in [4.78, 5) is 4.39. The standard InChI is InChI=1S/C15H10Cl2N2O/c16-9-14-18-15(10-4-2-1-3-5-10)12-8-11(17)6-7-13(12)19(14)20/h1-8H,9H2. The Kier molecular flexibility index (Phi) is 3.47. The van der Waals surface area contributed by atoms with Gasteiger partial charge in [-0.15, -0.1) is 11.6 Å². The smallest absolute Gasteiger partial charge is 0.317 e. The molecule has 100 valence electrons. The van der Waals surface area contributed by atoms with Crippen LogP contribution in [0.3, 0.4) is 0 Å². The van der Waals surface area contributed by atoms with Crippen molar-refractivity contribution in [3.63, 3.8) is 0 Å². The van der Waals surface area contributed by atoms with Gasteiger partial charge in [0.1, 0.15) is 11.4 Å². The van der Waals surface area contributed by atoms with Gasteiger partial charge in [0.05, 0.1) is 5.39 Å². The van der Waals surface area contributed by atoms with Crippen molar-refractivity contribution in [2.45, 2.75) is 5.88 Å². The van der Waals surface area contributed by atoms with E-state index < -0.39 is 0 Å². The first kappa shape index (κ1) is 13.2. The van der Waals surface area contributed by atoms with E-state index in [-0.39, 0.29) is 11.7 Å². The van der Waals surface area contributed by atoms with Crippen LogP contribution in [0, 0.1) is 5.21 Å². The van der Waals surface area contributed by atoms with Crippen LogP contribution in [0.25, 0.3) is 22.2 Å². The Morgan fingerprint density at radius 1 is 1.10 bits per heavy atom. The lowest BCUT2D eigenvalue weighted by molar-refractivity contribution is -0.588. The first-order valence-electron chi connectivity index (χ1n) is 6.04. The molecule has 3 rings (SSSR count). The van der Waals surface area contributed by atoms with E-state index in [0.29, 0.717) is 21.6 Å². The highest BCUT2D eigenvalue weighted by Gasteiger charge is 2.19. The lowest BCUT2D eigenvalue weighted by atomic mass is 10.1. The van der Waals surface area contributed by atoms with Crippen molar-refractivity contribution in [3.05, 3.63) is 64.6 Å². The summed E-state index contributed by atoms with van der Waals surface area (Å²) in [7, 11) is 0. The molecule has 0 N–H and O–H groups in total. The zero-order chi connectivity index (χ0) is 14.1. The van der Waals surface area contributed by atoms with E-state index in [1.54, 1.807) is 18.2 Å². The van der Waals surface area contributed by atoms with Crippen LogP contribution in [0.5, 0.6) is 0 Å². The van der Waals surface area contributed by atoms with Crippen LogP contribution in [0.15, 0.2) is 48.5 Å². The Hall–Kier alpha value is -1.84. The highest BCUT2D eigenvalue weighted by Crippen LogP contribution is 2.27. The minimum atomic E-state index is 0.0574. The number of benzene rings is 2. The third-order valence-corrected chi connectivity index (χ3v) is 3.55. The predicted molar refractivity (Wildman–Crippen MR) is 80.7 cm³/mol. The number of hydrogen-bond acceptors (Lipinski definition) is 2. The first-order chi connectivity index (χ1) is 9.70. The lowest BCUT2D eigenvalue weighted by Gasteiger charge is -2.11. The van der Waals surface area contributed by atoms with Crippen molar-refractivity contribution in [3.8, 4) is 11.3 Å². The van der Waals surface area contributed by atoms with Gasteiger partial charge in [0.25, 0.3) is 0 Å². The highest BCUT2D eigenvalue weighted by molar-refractivity contribution is 6.31. The van der Waals surface area contributed by atoms with E-state index in [9.17, 15) is 5.21 Å². The average molecular weight is 305 g/mol. The molecule has 0 spiro atoms. The Balaban J connectivity index is 2.41. The summed E-state index contributed by atoms with van der Waals surface area (Å²) in [6, 6.07) is 14.8. The second-order valence-corrected chi connectivity index (χ2v) is 5.04. The van der Waals surface area contributed by atoms with Gasteiger partial charge in [0, 0.05) is 10.6 Å². The molecule has 0 radical (unpaired) electrons. The minimum absolute atomic E-state index is 0.0574. The lowest BCUT2D eigenvalue weighted by Crippen LogP contribution is -2.34. The number of alkyl halides is 1. The molecule has 20 heavy (non-hydrogen) atoms. The maximum Gasteiger partial charge on any atom is 0.317 e. The van der Waals surface area contributed by atoms with Gasteiger partial charge in [0.2, 0.25) is 0 Å². The Bertz CT molecular complexity index is 776. The maximum atomic E-state index is 12.2. The van der Waals surface area contributed by atoms with Crippen LogP contribution >= 0.6 is 23.2 Å². The molecule has 0 saturated carbocycles. The second kappa shape index (κ2) is 5.27. The quantitative estimate of drug-likeness (QED) is 0.409. The fourth-order valence-corrected chi connectivity index (χ4v) is 2.49. The molecule has 0 aliphatic heterocycles. The van der Waals surface area contributed by atoms with Crippen molar-refractivity contribution < 1.29 is 4.73 Å². The van der Waals surface area contributed by atoms with Crippen LogP contribution in [-0.2, 0) is 5.88 Å². The molecule has 0 saturated heterocycles. The number of fused-ring (bicyclic) bond motifs is 1. The normalized spacial score (nSPS) is 10.9. The van der Waals surface area contributed by atoms with Crippen molar-refractivity contribution >= 4 is 34.1 Å². The first-order valence-corrected chi connectivity index (χ1v) is 6.95. The molecule has 3 aromatic rings. The van der Waals surface area contributed by atoms with Crippen LogP contribution in [0.4, 0.5) is 0 Å². The molecular formula is C15H10Cl2N2O. The van der Waals surface area contributed by atoms with Crippen molar-refractivity contribution in [2.75, 3.05) is 0 Å². The molecule has 1 heterocycles. The summed E-state index contributed by atoms with van der Waals surface area (Å²) in [5.41, 5.74) is 2.15. The number of halogens is 2. The fraction of sp³-hybridized carbons (Fsp3) is 0.0667. The van der Waals surface area contributed by atoms with Crippen LogP contribution in [-0.4, -0.2) is 4.98 Å². The topological polar surface area (TPSA) is 39.8 Å². The molecule has 0 amide bonds. The van der Waals surface area contributed by atoms with Gasteiger partial charge in [-0.2, -0.15) is 0 Å². The largest absolute Gasteiger partial charge is 0.710 e. The molecule has 0 atom stereocenters. The summed E-state index contributed by atoms with van der Waals surface area (Å²) >= 11 is 11.9. The van der Waals surface area contributed by atoms with E-state index in [1.165, 1.54) is 0 Å². The van der Waals surface area contributed by atoms with E-state index in [4.69, 9.17) is 23.2 Å². The van der Waals surface area contributed by atoms with Gasteiger partial charge in [-0.3, -0.25) is 0 Å². The van der Waals surface area contributed by atoms with Crippen LogP contribution in [0.1, 0.15) is 5.82 Å². The molecule has 3 nitrogen and oxygen atoms in total. The van der Waals surface area contributed by atoms with Crippen LogP contribution in [0.2, 0.25) is 5.02 Å². The average Bonchev–Trinajstić information content (AvgIpc) is 2.48. The van der Waals surface area contributed by atoms with Gasteiger partial charge >= 0.3 is 5.82 Å². The summed E-state index contributed by atoms with van der Waals surface area (Å²) in [6.07, 6.45) is 0. The molecule has 1 aromatic heterocycles. The molecule has 0 aliphatic rings. The minimum Gasteiger partial charge on any atom is -0.710 e. The third kappa shape index (κ3) is 2.19. The fourth-order valence-electron chi connectivity index (χ4n) is 2.15. The molecule has 0 unspecified atom stereocenters. The van der Waals surface area contributed by atoms with Crippen molar-refractivity contribution in [1.82, 2.24) is 4.98 Å². The summed E-state index contributed by atoms with van der Waals surface area (Å²) in [6.45, 7) is 0. The molecular weight excluding hydrogens is 295 g/mol. The Morgan fingerprint density at radius 2 is 1.85 bits per heavy atom. The monoisotopic (exact) mass is 304 g/mol. The van der Waals surface area contributed by atoms with Crippen molar-refractivity contribution in [1.29, 1.82) is 0 Å². The van der Waals surface area contributed by atoms with Gasteiger partial charge < -0.3 is 5.21 Å². The number of rotatable bonds is 2. The molecule has 2 aromatic carbocycles. The molecule has 0 aliphatic carbocycles. The van der Waals surface area contributed by atoms with Gasteiger partial charge in [-0.05, 0) is 23.2 Å². The summed E-state index contributed by atoms with van der Waals surface area (Å²) in [5.74, 6) is 0.336. The third-order valence-electron chi connectivity index (χ3n) is 3.07. The van der Waals surface area contributed by atoms with E-state index in [0.717, 1.165) is 10.3 Å². The molecule has 5 heteroatoms.